The van der Waals surface area contributed by atoms with Crippen LogP contribution in [0.3, 0.4) is 0 Å². The number of hydrogen-bond donors (Lipinski definition) is 1. The van der Waals surface area contributed by atoms with Crippen molar-refractivity contribution in [2.75, 3.05) is 12.4 Å². The van der Waals surface area contributed by atoms with Gasteiger partial charge in [-0.25, -0.2) is 4.98 Å². The Hall–Kier alpha value is -3.77. The first-order valence-electron chi connectivity index (χ1n) is 13.2. The molecule has 2 aromatic rings. The number of allylic oxidation sites excluding steroid dienone is 4. The van der Waals surface area contributed by atoms with Crippen molar-refractivity contribution in [2.45, 2.75) is 57.6 Å². The number of ether oxygens (including phenoxy) is 1. The molecule has 188 valence electrons. The van der Waals surface area contributed by atoms with E-state index < -0.39 is 0 Å². The van der Waals surface area contributed by atoms with Crippen LogP contribution < -0.4 is 10.7 Å². The van der Waals surface area contributed by atoms with Crippen LogP contribution in [0.5, 0.6) is 0 Å². The van der Waals surface area contributed by atoms with E-state index in [0.717, 1.165) is 83.2 Å². The molecule has 1 aromatic heterocycles. The van der Waals surface area contributed by atoms with Crippen molar-refractivity contribution in [3.05, 3.63) is 84.0 Å². The lowest BCUT2D eigenvalue weighted by molar-refractivity contribution is 0.0663. The van der Waals surface area contributed by atoms with E-state index in [1.54, 1.807) is 0 Å². The fraction of sp³-hybridized carbons (Fsp3) is 0.323. The number of pyridine rings is 1. The van der Waals surface area contributed by atoms with E-state index in [9.17, 15) is 0 Å². The normalized spacial score (nSPS) is 20.4. The fourth-order valence-electron chi connectivity index (χ4n) is 5.52. The predicted octanol–water partition coefficient (Wildman–Crippen LogP) is 6.64. The maximum Gasteiger partial charge on any atom is 0.0900 e. The molecule has 1 N–H and O–H groups in total. The van der Waals surface area contributed by atoms with Crippen LogP contribution in [0.2, 0.25) is 0 Å². The summed E-state index contributed by atoms with van der Waals surface area (Å²) < 4.78 is 7.98. The molecule has 0 unspecified atom stereocenters. The highest BCUT2D eigenvalue weighted by Gasteiger charge is 2.22. The molecule has 0 amide bonds. The zero-order chi connectivity index (χ0) is 25.2. The van der Waals surface area contributed by atoms with Gasteiger partial charge >= 0.3 is 0 Å². The summed E-state index contributed by atoms with van der Waals surface area (Å²) in [7, 11) is 1.81. The Morgan fingerprint density at radius 3 is 2.70 bits per heavy atom. The van der Waals surface area contributed by atoms with E-state index in [0.29, 0.717) is 6.10 Å². The summed E-state index contributed by atoms with van der Waals surface area (Å²) >= 11 is 0. The maximum absolute atomic E-state index is 5.60. The van der Waals surface area contributed by atoms with Gasteiger partial charge in [0.25, 0.3) is 0 Å². The molecule has 0 radical (unpaired) electrons. The summed E-state index contributed by atoms with van der Waals surface area (Å²) in [6, 6.07) is 15.2. The summed E-state index contributed by atoms with van der Waals surface area (Å²) in [5.41, 5.74) is 8.43. The van der Waals surface area contributed by atoms with Gasteiger partial charge in [0.05, 0.1) is 57.5 Å². The third-order valence-electron chi connectivity index (χ3n) is 7.43. The Kier molecular flexibility index (Phi) is 6.58. The van der Waals surface area contributed by atoms with Crippen LogP contribution in [0.15, 0.2) is 78.1 Å². The molecule has 2 heterocycles. The number of benzene rings is 2. The molecule has 1 fully saturated rings. The Morgan fingerprint density at radius 1 is 1.05 bits per heavy atom. The third-order valence-corrected chi connectivity index (χ3v) is 7.43. The van der Waals surface area contributed by atoms with E-state index in [2.05, 4.69) is 82.5 Å². The molecule has 4 aliphatic rings. The number of rotatable bonds is 5. The Morgan fingerprint density at radius 2 is 1.92 bits per heavy atom. The van der Waals surface area contributed by atoms with E-state index >= 15 is 0 Å². The zero-order valence-electron chi connectivity index (χ0n) is 21.5. The van der Waals surface area contributed by atoms with Gasteiger partial charge in [-0.2, -0.15) is 0 Å². The van der Waals surface area contributed by atoms with Gasteiger partial charge in [-0.05, 0) is 87.4 Å². The molecule has 1 aliphatic heterocycles. The average Bonchev–Trinajstić information content (AvgIpc) is 2.93. The largest absolute Gasteiger partial charge is 0.381 e. The molecule has 37 heavy (non-hydrogen) atoms. The monoisotopic (exact) mass is 491 g/mol. The second-order valence-corrected chi connectivity index (χ2v) is 10.1. The van der Waals surface area contributed by atoms with Crippen molar-refractivity contribution in [1.29, 1.82) is 0 Å². The van der Waals surface area contributed by atoms with Crippen molar-refractivity contribution in [3.63, 3.8) is 0 Å². The van der Waals surface area contributed by atoms with E-state index in [1.807, 2.05) is 19.5 Å². The van der Waals surface area contributed by atoms with Crippen LogP contribution in [-0.2, 0) is 4.74 Å². The summed E-state index contributed by atoms with van der Waals surface area (Å²) in [5.74, 6) is 0. The van der Waals surface area contributed by atoms with Gasteiger partial charge in [0.15, 0.2) is 0 Å². The number of anilines is 2. The molecule has 6 rings (SSSR count). The van der Waals surface area contributed by atoms with Gasteiger partial charge < -0.3 is 14.6 Å². The molecular weight excluding hydrogens is 458 g/mol. The van der Waals surface area contributed by atoms with E-state index in [4.69, 9.17) is 14.7 Å². The maximum atomic E-state index is 5.60. The van der Waals surface area contributed by atoms with Crippen LogP contribution in [-0.4, -0.2) is 33.8 Å². The number of nitrogens with one attached hydrogen (secondary N) is 1. The Labute approximate surface area is 217 Å². The predicted molar refractivity (Wildman–Crippen MR) is 150 cm³/mol. The van der Waals surface area contributed by atoms with Crippen molar-refractivity contribution < 1.29 is 4.74 Å². The van der Waals surface area contributed by atoms with Crippen LogP contribution in [0.4, 0.5) is 11.4 Å². The second kappa shape index (κ2) is 10.3. The van der Waals surface area contributed by atoms with Crippen molar-refractivity contribution >= 4 is 28.1 Å². The highest BCUT2D eigenvalue weighted by molar-refractivity contribution is 5.86. The lowest BCUT2D eigenvalue weighted by Crippen LogP contribution is -2.25. The zero-order valence-corrected chi connectivity index (χ0v) is 21.5. The highest BCUT2D eigenvalue weighted by atomic mass is 16.5. The topological polar surface area (TPSA) is 64.3 Å². The smallest absolute Gasteiger partial charge is 0.0900 e. The summed E-state index contributed by atoms with van der Waals surface area (Å²) in [4.78, 5) is 14.8. The minimum atomic E-state index is 0.277. The molecule has 6 heteroatoms. The fourth-order valence-corrected chi connectivity index (χ4v) is 5.52. The minimum absolute atomic E-state index is 0.277. The van der Waals surface area contributed by atoms with Crippen LogP contribution in [0.25, 0.3) is 28.1 Å². The van der Waals surface area contributed by atoms with Gasteiger partial charge in [0.2, 0.25) is 0 Å². The van der Waals surface area contributed by atoms with Gasteiger partial charge in [-0.1, -0.05) is 24.3 Å². The number of hydrogen-bond acceptors (Lipinski definition) is 5. The van der Waals surface area contributed by atoms with E-state index in [-0.39, 0.29) is 6.04 Å². The molecule has 0 bridgehead atoms. The minimum Gasteiger partial charge on any atom is -0.381 e. The first kappa shape index (κ1) is 23.6. The summed E-state index contributed by atoms with van der Waals surface area (Å²) in [5, 5.41) is 4.57. The number of aromatic nitrogens is 3. The van der Waals surface area contributed by atoms with Gasteiger partial charge in [-0.15, -0.1) is 0 Å². The summed E-state index contributed by atoms with van der Waals surface area (Å²) in [6.07, 6.45) is 16.9. The average molecular weight is 492 g/mol. The van der Waals surface area contributed by atoms with Gasteiger partial charge in [0, 0.05) is 19.0 Å². The quantitative estimate of drug-likeness (QED) is 0.318. The number of methoxy groups -OCH3 is 1. The molecule has 1 aromatic carbocycles. The first-order chi connectivity index (χ1) is 18.2. The molecule has 3 aliphatic carbocycles. The SMILES string of the molecule is COC1CCC(N=c2cc3n(C4=CC=CCC4)c4ccccc4nc-3cc2Nc2cncc(C)c2)CC1. The summed E-state index contributed by atoms with van der Waals surface area (Å²) in [6.45, 7) is 2.06. The van der Waals surface area contributed by atoms with Gasteiger partial charge in [0.1, 0.15) is 0 Å². The molecule has 6 nitrogen and oxygen atoms in total. The molecule has 0 saturated heterocycles. The van der Waals surface area contributed by atoms with Crippen molar-refractivity contribution in [3.8, 4) is 11.4 Å². The van der Waals surface area contributed by atoms with E-state index in [1.165, 1.54) is 5.70 Å². The first-order valence-corrected chi connectivity index (χ1v) is 13.2. The number of para-hydroxylation sites is 2. The van der Waals surface area contributed by atoms with Crippen molar-refractivity contribution in [1.82, 2.24) is 14.5 Å². The van der Waals surface area contributed by atoms with Crippen LogP contribution in [0.1, 0.15) is 44.1 Å². The number of fused-ring (bicyclic) bond motifs is 2. The van der Waals surface area contributed by atoms with Crippen LogP contribution >= 0.6 is 0 Å². The molecule has 0 spiro atoms. The highest BCUT2D eigenvalue weighted by Crippen LogP contribution is 2.33. The number of nitrogens with zero attached hydrogens (tertiary/aromatic N) is 4. The molecule has 0 atom stereocenters. The van der Waals surface area contributed by atoms with Crippen LogP contribution in [0, 0.1) is 6.92 Å². The Balaban J connectivity index is 1.56. The third kappa shape index (κ3) is 4.94. The van der Waals surface area contributed by atoms with Gasteiger partial charge in [-0.3, -0.25) is 9.98 Å². The van der Waals surface area contributed by atoms with Crippen molar-refractivity contribution in [2.24, 2.45) is 4.99 Å². The standard InChI is InChI=1S/C31H33N5O/c1-21-16-23(20-32-19-21)34-27-17-29-31(18-28(27)33-22-12-14-25(37-2)15-13-22)36(24-8-4-3-5-9-24)30-11-7-6-10-26(30)35-29/h3-4,6-8,10-11,16-20,22,25,34H,5,9,12-15H2,1-2H3. The molecular formula is C31H33N5O. The Bertz CT molecular complexity index is 1520. The number of aryl methyl sites for hydroxylation is 1. The molecule has 1 saturated carbocycles. The lowest BCUT2D eigenvalue weighted by atomic mass is 9.93. The lowest BCUT2D eigenvalue weighted by Gasteiger charge is -2.26. The second-order valence-electron chi connectivity index (χ2n) is 10.1.